The number of piperazine rings is 1. The van der Waals surface area contributed by atoms with Crippen LogP contribution in [0.1, 0.15) is 20.3 Å². The number of hydrogen-bond donors (Lipinski definition) is 0. The molecule has 0 unspecified atom stereocenters. The van der Waals surface area contributed by atoms with Crippen LogP contribution in [-0.4, -0.2) is 61.0 Å². The molecule has 1 aliphatic heterocycles. The van der Waals surface area contributed by atoms with Gasteiger partial charge in [-0.1, -0.05) is 6.92 Å². The first-order valence-corrected chi connectivity index (χ1v) is 5.77. The number of nitrogens with zero attached hydrogens (tertiary/aromatic N) is 2. The fourth-order valence-corrected chi connectivity index (χ4v) is 1.79. The highest BCUT2D eigenvalue weighted by Crippen LogP contribution is 2.03. The number of rotatable bonds is 4. The van der Waals surface area contributed by atoms with Crippen LogP contribution in [-0.2, 0) is 14.3 Å². The van der Waals surface area contributed by atoms with E-state index in [1.54, 1.807) is 4.90 Å². The Bertz CT molecular complexity index is 248. The second-order valence-electron chi connectivity index (χ2n) is 4.00. The Morgan fingerprint density at radius 3 is 2.31 bits per heavy atom. The molecule has 5 heteroatoms. The van der Waals surface area contributed by atoms with E-state index >= 15 is 0 Å². The third-order valence-electron chi connectivity index (χ3n) is 2.66. The fourth-order valence-electron chi connectivity index (χ4n) is 1.79. The maximum atomic E-state index is 11.6. The lowest BCUT2D eigenvalue weighted by molar-refractivity contribution is -0.151. The molecule has 0 aliphatic carbocycles. The van der Waals surface area contributed by atoms with Gasteiger partial charge in [-0.25, -0.2) is 0 Å². The quantitative estimate of drug-likeness (QED) is 0.641. The van der Waals surface area contributed by atoms with E-state index in [-0.39, 0.29) is 12.5 Å². The molecule has 1 heterocycles. The van der Waals surface area contributed by atoms with Crippen LogP contribution in [0.4, 0.5) is 0 Å². The molecule has 16 heavy (non-hydrogen) atoms. The van der Waals surface area contributed by atoms with E-state index in [1.165, 1.54) is 6.92 Å². The molecular formula is C11H20N2O3. The lowest BCUT2D eigenvalue weighted by atomic mass is 10.3. The minimum Gasteiger partial charge on any atom is -0.456 e. The molecule has 0 aromatic rings. The summed E-state index contributed by atoms with van der Waals surface area (Å²) in [5.74, 6) is -0.496. The molecule has 0 N–H and O–H groups in total. The normalized spacial score (nSPS) is 17.2. The first-order valence-electron chi connectivity index (χ1n) is 5.77. The molecule has 0 spiro atoms. The molecule has 0 aromatic carbocycles. The fraction of sp³-hybridized carbons (Fsp3) is 0.818. The summed E-state index contributed by atoms with van der Waals surface area (Å²) in [6.07, 6.45) is 1.14. The van der Waals surface area contributed by atoms with Gasteiger partial charge in [0.15, 0.2) is 6.61 Å². The minimum atomic E-state index is -0.405. The van der Waals surface area contributed by atoms with Gasteiger partial charge in [0.2, 0.25) is 0 Å². The molecule has 0 bridgehead atoms. The van der Waals surface area contributed by atoms with E-state index in [0.717, 1.165) is 39.1 Å². The number of ether oxygens (including phenoxy) is 1. The van der Waals surface area contributed by atoms with Crippen LogP contribution < -0.4 is 0 Å². The Morgan fingerprint density at radius 2 is 1.81 bits per heavy atom. The molecule has 1 fully saturated rings. The van der Waals surface area contributed by atoms with Gasteiger partial charge in [0.25, 0.3) is 5.91 Å². The lowest BCUT2D eigenvalue weighted by Gasteiger charge is -2.34. The molecule has 0 radical (unpaired) electrons. The Hall–Kier alpha value is -1.10. The molecule has 0 aromatic heterocycles. The van der Waals surface area contributed by atoms with E-state index in [4.69, 9.17) is 0 Å². The predicted octanol–water partition coefficient (Wildman–Crippen LogP) is 0.104. The van der Waals surface area contributed by atoms with Gasteiger partial charge in [-0.2, -0.15) is 0 Å². The summed E-state index contributed by atoms with van der Waals surface area (Å²) < 4.78 is 4.69. The zero-order valence-electron chi connectivity index (χ0n) is 10.1. The molecule has 1 aliphatic rings. The summed E-state index contributed by atoms with van der Waals surface area (Å²) in [4.78, 5) is 26.3. The summed E-state index contributed by atoms with van der Waals surface area (Å²) in [5, 5.41) is 0. The van der Waals surface area contributed by atoms with E-state index in [2.05, 4.69) is 16.6 Å². The van der Waals surface area contributed by atoms with Crippen molar-refractivity contribution in [2.45, 2.75) is 20.3 Å². The highest BCUT2D eigenvalue weighted by molar-refractivity contribution is 5.80. The number of carbonyl (C=O) groups excluding carboxylic acids is 2. The van der Waals surface area contributed by atoms with Gasteiger partial charge in [-0.3, -0.25) is 14.5 Å². The van der Waals surface area contributed by atoms with Crippen LogP contribution in [0, 0.1) is 0 Å². The highest BCUT2D eigenvalue weighted by atomic mass is 16.5. The lowest BCUT2D eigenvalue weighted by Crippen LogP contribution is -2.49. The van der Waals surface area contributed by atoms with Crippen molar-refractivity contribution < 1.29 is 14.3 Å². The highest BCUT2D eigenvalue weighted by Gasteiger charge is 2.20. The summed E-state index contributed by atoms with van der Waals surface area (Å²) >= 11 is 0. The van der Waals surface area contributed by atoms with Crippen molar-refractivity contribution in [2.75, 3.05) is 39.3 Å². The Morgan fingerprint density at radius 1 is 1.19 bits per heavy atom. The SMILES string of the molecule is CCCN1CCN(C(=O)COC(C)=O)CC1. The van der Waals surface area contributed by atoms with Crippen LogP contribution in [0.2, 0.25) is 0 Å². The molecule has 92 valence electrons. The van der Waals surface area contributed by atoms with Crippen molar-refractivity contribution in [1.82, 2.24) is 9.80 Å². The van der Waals surface area contributed by atoms with Gasteiger partial charge >= 0.3 is 5.97 Å². The topological polar surface area (TPSA) is 49.9 Å². The monoisotopic (exact) mass is 228 g/mol. The van der Waals surface area contributed by atoms with E-state index in [1.807, 2.05) is 0 Å². The number of amides is 1. The summed E-state index contributed by atoms with van der Waals surface area (Å²) in [6, 6.07) is 0. The van der Waals surface area contributed by atoms with Gasteiger partial charge in [0.1, 0.15) is 0 Å². The van der Waals surface area contributed by atoms with Gasteiger partial charge in [-0.05, 0) is 13.0 Å². The second-order valence-corrected chi connectivity index (χ2v) is 4.00. The number of carbonyl (C=O) groups is 2. The maximum absolute atomic E-state index is 11.6. The van der Waals surface area contributed by atoms with Crippen LogP contribution in [0.5, 0.6) is 0 Å². The van der Waals surface area contributed by atoms with Gasteiger partial charge < -0.3 is 9.64 Å². The van der Waals surface area contributed by atoms with Crippen LogP contribution >= 0.6 is 0 Å². The predicted molar refractivity (Wildman–Crippen MR) is 59.9 cm³/mol. The molecular weight excluding hydrogens is 208 g/mol. The maximum Gasteiger partial charge on any atom is 0.303 e. The number of esters is 1. The molecule has 1 saturated heterocycles. The number of hydrogen-bond acceptors (Lipinski definition) is 4. The van der Waals surface area contributed by atoms with Crippen molar-refractivity contribution in [3.05, 3.63) is 0 Å². The third-order valence-corrected chi connectivity index (χ3v) is 2.66. The van der Waals surface area contributed by atoms with Crippen molar-refractivity contribution >= 4 is 11.9 Å². The van der Waals surface area contributed by atoms with Crippen molar-refractivity contribution in [2.24, 2.45) is 0 Å². The van der Waals surface area contributed by atoms with Crippen LogP contribution in [0.25, 0.3) is 0 Å². The summed E-state index contributed by atoms with van der Waals surface area (Å²) in [5.41, 5.74) is 0. The molecule has 5 nitrogen and oxygen atoms in total. The second kappa shape index (κ2) is 6.48. The third kappa shape index (κ3) is 4.18. The van der Waals surface area contributed by atoms with Crippen molar-refractivity contribution in [3.63, 3.8) is 0 Å². The standard InChI is InChI=1S/C11H20N2O3/c1-3-4-12-5-7-13(8-6-12)11(15)9-16-10(2)14/h3-9H2,1-2H3. The average molecular weight is 228 g/mol. The van der Waals surface area contributed by atoms with Crippen molar-refractivity contribution in [3.8, 4) is 0 Å². The van der Waals surface area contributed by atoms with E-state index in [9.17, 15) is 9.59 Å². The zero-order chi connectivity index (χ0) is 12.0. The Labute approximate surface area is 96.3 Å². The van der Waals surface area contributed by atoms with Gasteiger partial charge in [0.05, 0.1) is 0 Å². The molecule has 0 saturated carbocycles. The average Bonchev–Trinajstić information content (AvgIpc) is 2.27. The van der Waals surface area contributed by atoms with Gasteiger partial charge in [0, 0.05) is 33.1 Å². The van der Waals surface area contributed by atoms with Crippen molar-refractivity contribution in [1.29, 1.82) is 0 Å². The van der Waals surface area contributed by atoms with Crippen LogP contribution in [0.3, 0.4) is 0 Å². The Kier molecular flexibility index (Phi) is 5.25. The van der Waals surface area contributed by atoms with Gasteiger partial charge in [-0.15, -0.1) is 0 Å². The summed E-state index contributed by atoms with van der Waals surface area (Å²) in [7, 11) is 0. The first-order chi connectivity index (χ1) is 7.63. The Balaban J connectivity index is 2.24. The van der Waals surface area contributed by atoms with Crippen LogP contribution in [0.15, 0.2) is 0 Å². The summed E-state index contributed by atoms with van der Waals surface area (Å²) in [6.45, 7) is 7.74. The zero-order valence-corrected chi connectivity index (χ0v) is 10.1. The molecule has 1 amide bonds. The largest absolute Gasteiger partial charge is 0.456 e. The molecule has 1 rings (SSSR count). The first kappa shape index (κ1) is 13.0. The van der Waals surface area contributed by atoms with E-state index in [0.29, 0.717) is 0 Å². The smallest absolute Gasteiger partial charge is 0.303 e. The molecule has 0 atom stereocenters. The van der Waals surface area contributed by atoms with E-state index < -0.39 is 5.97 Å². The minimum absolute atomic E-state index is 0.0913.